The Labute approximate surface area is 130 Å². The van der Waals surface area contributed by atoms with Crippen LogP contribution in [0.25, 0.3) is 0 Å². The first-order valence-corrected chi connectivity index (χ1v) is 9.34. The van der Waals surface area contributed by atoms with Crippen LogP contribution in [0.1, 0.15) is 39.5 Å². The predicted octanol–water partition coefficient (Wildman–Crippen LogP) is 0.610. The van der Waals surface area contributed by atoms with Crippen molar-refractivity contribution in [2.75, 3.05) is 33.7 Å². The van der Waals surface area contributed by atoms with E-state index in [-0.39, 0.29) is 12.1 Å². The van der Waals surface area contributed by atoms with Gasteiger partial charge < -0.3 is 10.6 Å². The third-order valence-corrected chi connectivity index (χ3v) is 5.54. The monoisotopic (exact) mass is 320 g/mol. The van der Waals surface area contributed by atoms with Gasteiger partial charge >= 0.3 is 0 Å². The Bertz CT molecular complexity index is 388. The van der Waals surface area contributed by atoms with E-state index in [9.17, 15) is 8.42 Å². The Balaban J connectivity index is 2.78. The fourth-order valence-corrected chi connectivity index (χ4v) is 4.65. The molecule has 0 saturated carbocycles. The van der Waals surface area contributed by atoms with Gasteiger partial charge in [0.25, 0.3) is 10.2 Å². The predicted molar refractivity (Wildman–Crippen MR) is 87.3 cm³/mol. The van der Waals surface area contributed by atoms with Crippen molar-refractivity contribution in [3.8, 4) is 0 Å². The molecule has 1 heterocycles. The average Bonchev–Trinajstić information content (AvgIpc) is 2.36. The minimum absolute atomic E-state index is 0.0599. The lowest BCUT2D eigenvalue weighted by Gasteiger charge is -2.35. The number of likely N-dealkylation sites (N-methyl/N-ethyl adjacent to an activating group) is 1. The Kier molecular flexibility index (Phi) is 7.56. The second-order valence-electron chi connectivity index (χ2n) is 6.71. The van der Waals surface area contributed by atoms with E-state index >= 15 is 0 Å². The first kappa shape index (κ1) is 18.8. The minimum Gasteiger partial charge on any atom is -0.329 e. The van der Waals surface area contributed by atoms with E-state index in [1.54, 1.807) is 4.31 Å². The van der Waals surface area contributed by atoms with Crippen LogP contribution in [0.3, 0.4) is 0 Å². The summed E-state index contributed by atoms with van der Waals surface area (Å²) in [5.41, 5.74) is 5.74. The summed E-state index contributed by atoms with van der Waals surface area (Å²) in [6, 6.07) is -0.124. The molecule has 0 radical (unpaired) electrons. The van der Waals surface area contributed by atoms with Crippen LogP contribution in [0.15, 0.2) is 0 Å². The number of piperidine rings is 1. The first-order chi connectivity index (χ1) is 9.76. The van der Waals surface area contributed by atoms with Crippen LogP contribution < -0.4 is 10.5 Å². The molecule has 0 amide bonds. The number of hydrogen-bond acceptors (Lipinski definition) is 4. The molecule has 0 bridgehead atoms. The van der Waals surface area contributed by atoms with Gasteiger partial charge in [-0.1, -0.05) is 20.3 Å². The van der Waals surface area contributed by atoms with Gasteiger partial charge in [0.15, 0.2) is 0 Å². The Morgan fingerprint density at radius 2 is 2.00 bits per heavy atom. The molecule has 0 aromatic heterocycles. The molecule has 0 aliphatic carbocycles. The Morgan fingerprint density at radius 3 is 2.52 bits per heavy atom. The molecule has 126 valence electrons. The summed E-state index contributed by atoms with van der Waals surface area (Å²) in [5, 5.41) is 0. The van der Waals surface area contributed by atoms with E-state index in [4.69, 9.17) is 5.73 Å². The Hall–Kier alpha value is -0.210. The maximum Gasteiger partial charge on any atom is 0.280 e. The molecular weight excluding hydrogens is 288 g/mol. The summed E-state index contributed by atoms with van der Waals surface area (Å²) in [6.07, 6.45) is 3.67. The van der Waals surface area contributed by atoms with Crippen LogP contribution in [0.4, 0.5) is 0 Å². The summed E-state index contributed by atoms with van der Waals surface area (Å²) in [4.78, 5) is 2.02. The van der Waals surface area contributed by atoms with E-state index in [2.05, 4.69) is 18.6 Å². The maximum atomic E-state index is 12.7. The van der Waals surface area contributed by atoms with Crippen LogP contribution in [0, 0.1) is 5.92 Å². The fraction of sp³-hybridized carbons (Fsp3) is 1.00. The number of hydrogen-bond donors (Lipinski definition) is 2. The summed E-state index contributed by atoms with van der Waals surface area (Å²) in [6.45, 7) is 5.90. The number of rotatable bonds is 8. The van der Waals surface area contributed by atoms with Gasteiger partial charge in [-0.15, -0.1) is 0 Å². The topological polar surface area (TPSA) is 78.7 Å². The molecule has 6 nitrogen and oxygen atoms in total. The molecule has 1 rings (SSSR count). The smallest absolute Gasteiger partial charge is 0.280 e. The normalized spacial score (nSPS) is 22.9. The van der Waals surface area contributed by atoms with Gasteiger partial charge in [0.1, 0.15) is 0 Å². The van der Waals surface area contributed by atoms with Crippen molar-refractivity contribution in [2.45, 2.75) is 51.6 Å². The molecule has 2 unspecified atom stereocenters. The fourth-order valence-electron chi connectivity index (χ4n) is 2.97. The van der Waals surface area contributed by atoms with Crippen LogP contribution in [0.2, 0.25) is 0 Å². The van der Waals surface area contributed by atoms with Crippen LogP contribution in [-0.4, -0.2) is 63.4 Å². The largest absolute Gasteiger partial charge is 0.329 e. The lowest BCUT2D eigenvalue weighted by atomic mass is 10.0. The third kappa shape index (κ3) is 6.20. The summed E-state index contributed by atoms with van der Waals surface area (Å²) in [7, 11) is 0.469. The van der Waals surface area contributed by atoms with Crippen molar-refractivity contribution in [3.05, 3.63) is 0 Å². The van der Waals surface area contributed by atoms with Gasteiger partial charge in [-0.2, -0.15) is 17.4 Å². The molecule has 1 aliphatic rings. The SMILES string of the molecule is CC(C)CC(CN(C)C)NS(=O)(=O)N1CCCCC1CN. The lowest BCUT2D eigenvalue weighted by Crippen LogP contribution is -2.55. The number of nitrogens with zero attached hydrogens (tertiary/aromatic N) is 2. The molecule has 3 N–H and O–H groups in total. The van der Waals surface area contributed by atoms with Gasteiger partial charge in [-0.25, -0.2) is 0 Å². The lowest BCUT2D eigenvalue weighted by molar-refractivity contribution is 0.248. The van der Waals surface area contributed by atoms with E-state index in [1.165, 1.54) is 0 Å². The molecule has 1 aliphatic heterocycles. The van der Waals surface area contributed by atoms with Crippen molar-refractivity contribution in [3.63, 3.8) is 0 Å². The molecular formula is C14H32N4O2S. The molecule has 0 spiro atoms. The number of nitrogens with one attached hydrogen (secondary N) is 1. The zero-order chi connectivity index (χ0) is 16.0. The standard InChI is InChI=1S/C14H32N4O2S/c1-12(2)9-13(11-17(3)4)16-21(19,20)18-8-6-5-7-14(18)10-15/h12-14,16H,5-11,15H2,1-4H3. The molecule has 1 saturated heterocycles. The first-order valence-electron chi connectivity index (χ1n) is 7.90. The zero-order valence-electron chi connectivity index (χ0n) is 13.9. The second-order valence-corrected chi connectivity index (χ2v) is 8.36. The minimum atomic E-state index is -3.46. The summed E-state index contributed by atoms with van der Waals surface area (Å²) in [5.74, 6) is 0.448. The molecule has 0 aromatic carbocycles. The highest BCUT2D eigenvalue weighted by atomic mass is 32.2. The van der Waals surface area contributed by atoms with Gasteiger partial charge in [0.2, 0.25) is 0 Å². The van der Waals surface area contributed by atoms with Crippen LogP contribution in [0.5, 0.6) is 0 Å². The van der Waals surface area contributed by atoms with Crippen molar-refractivity contribution in [2.24, 2.45) is 11.7 Å². The van der Waals surface area contributed by atoms with Crippen molar-refractivity contribution >= 4 is 10.2 Å². The summed E-state index contributed by atoms with van der Waals surface area (Å²) < 4.78 is 29.8. The third-order valence-electron chi connectivity index (χ3n) is 3.81. The highest BCUT2D eigenvalue weighted by Gasteiger charge is 2.33. The maximum absolute atomic E-state index is 12.7. The molecule has 2 atom stereocenters. The second kappa shape index (κ2) is 8.43. The van der Waals surface area contributed by atoms with Crippen LogP contribution in [-0.2, 0) is 10.2 Å². The summed E-state index contributed by atoms with van der Waals surface area (Å²) >= 11 is 0. The Morgan fingerprint density at radius 1 is 1.33 bits per heavy atom. The quantitative estimate of drug-likeness (QED) is 0.687. The van der Waals surface area contributed by atoms with Crippen molar-refractivity contribution in [1.29, 1.82) is 0 Å². The van der Waals surface area contributed by atoms with E-state index < -0.39 is 10.2 Å². The van der Waals surface area contributed by atoms with Gasteiger partial charge in [0, 0.05) is 31.7 Å². The molecule has 1 fully saturated rings. The van der Waals surface area contributed by atoms with E-state index in [0.29, 0.717) is 25.6 Å². The van der Waals surface area contributed by atoms with Crippen LogP contribution >= 0.6 is 0 Å². The highest BCUT2D eigenvalue weighted by Crippen LogP contribution is 2.20. The van der Waals surface area contributed by atoms with Gasteiger partial charge in [-0.3, -0.25) is 0 Å². The zero-order valence-corrected chi connectivity index (χ0v) is 14.7. The highest BCUT2D eigenvalue weighted by molar-refractivity contribution is 7.87. The van der Waals surface area contributed by atoms with Crippen molar-refractivity contribution in [1.82, 2.24) is 13.9 Å². The molecule has 0 aromatic rings. The van der Waals surface area contributed by atoms with Gasteiger partial charge in [0.05, 0.1) is 0 Å². The van der Waals surface area contributed by atoms with Crippen molar-refractivity contribution < 1.29 is 8.42 Å². The van der Waals surface area contributed by atoms with E-state index in [0.717, 1.165) is 25.7 Å². The average molecular weight is 321 g/mol. The van der Waals surface area contributed by atoms with E-state index in [1.807, 2.05) is 19.0 Å². The molecule has 7 heteroatoms. The van der Waals surface area contributed by atoms with Gasteiger partial charge in [-0.05, 0) is 39.3 Å². The molecule has 21 heavy (non-hydrogen) atoms. The number of nitrogens with two attached hydrogens (primary N) is 1.